The predicted molar refractivity (Wildman–Crippen MR) is 56.2 cm³/mol. The van der Waals surface area contributed by atoms with Crippen LogP contribution in [-0.2, 0) is 0 Å². The van der Waals surface area contributed by atoms with E-state index in [1.165, 1.54) is 13.1 Å². The molecular weight excluding hydrogens is 192 g/mol. The SMILES string of the molecule is Cc1c(=O)[nH]c(-c2ccccc2)c[n+]1[O-]. The van der Waals surface area contributed by atoms with Crippen LogP contribution in [0.25, 0.3) is 11.3 Å². The van der Waals surface area contributed by atoms with E-state index >= 15 is 0 Å². The molecule has 15 heavy (non-hydrogen) atoms. The fraction of sp³-hybridized carbons (Fsp3) is 0.0909. The Morgan fingerprint density at radius 3 is 2.53 bits per heavy atom. The third-order valence-electron chi connectivity index (χ3n) is 2.24. The summed E-state index contributed by atoms with van der Waals surface area (Å²) in [4.78, 5) is 14.0. The maximum atomic E-state index is 11.4. The molecule has 1 N–H and O–H groups in total. The fourth-order valence-electron chi connectivity index (χ4n) is 1.32. The first-order valence-electron chi connectivity index (χ1n) is 4.57. The monoisotopic (exact) mass is 202 g/mol. The van der Waals surface area contributed by atoms with Crippen LogP contribution < -0.4 is 10.3 Å². The van der Waals surface area contributed by atoms with Crippen LogP contribution in [0.2, 0.25) is 0 Å². The van der Waals surface area contributed by atoms with Gasteiger partial charge in [-0.05, 0) is 0 Å². The minimum absolute atomic E-state index is 0.148. The maximum absolute atomic E-state index is 11.4. The number of hydrogen-bond acceptors (Lipinski definition) is 2. The third kappa shape index (κ3) is 1.74. The average molecular weight is 202 g/mol. The molecule has 0 fully saturated rings. The molecule has 0 saturated heterocycles. The Labute approximate surface area is 86.4 Å². The number of rotatable bonds is 1. The highest BCUT2D eigenvalue weighted by atomic mass is 16.5. The van der Waals surface area contributed by atoms with E-state index in [9.17, 15) is 10.0 Å². The van der Waals surface area contributed by atoms with Gasteiger partial charge in [0.1, 0.15) is 5.69 Å². The first-order valence-corrected chi connectivity index (χ1v) is 4.57. The summed E-state index contributed by atoms with van der Waals surface area (Å²) in [5, 5.41) is 11.3. The van der Waals surface area contributed by atoms with Gasteiger partial charge >= 0.3 is 5.56 Å². The van der Waals surface area contributed by atoms with Crippen LogP contribution >= 0.6 is 0 Å². The van der Waals surface area contributed by atoms with Crippen LogP contribution in [0.4, 0.5) is 0 Å². The van der Waals surface area contributed by atoms with E-state index in [1.807, 2.05) is 30.3 Å². The number of aromatic nitrogens is 2. The average Bonchev–Trinajstić information content (AvgIpc) is 2.26. The number of nitrogens with zero attached hydrogens (tertiary/aromatic N) is 1. The van der Waals surface area contributed by atoms with Crippen LogP contribution in [-0.4, -0.2) is 4.98 Å². The first kappa shape index (κ1) is 9.45. The lowest BCUT2D eigenvalue weighted by Crippen LogP contribution is -2.37. The van der Waals surface area contributed by atoms with Gasteiger partial charge in [0.25, 0.3) is 5.69 Å². The van der Waals surface area contributed by atoms with Crippen molar-refractivity contribution in [2.45, 2.75) is 6.92 Å². The van der Waals surface area contributed by atoms with E-state index in [0.717, 1.165) is 5.56 Å². The molecule has 0 unspecified atom stereocenters. The molecule has 0 bridgehead atoms. The molecule has 0 spiro atoms. The van der Waals surface area contributed by atoms with E-state index in [4.69, 9.17) is 0 Å². The summed E-state index contributed by atoms with van der Waals surface area (Å²) in [7, 11) is 0. The number of aromatic amines is 1. The summed E-state index contributed by atoms with van der Waals surface area (Å²) in [6, 6.07) is 9.24. The Hall–Kier alpha value is -2.10. The van der Waals surface area contributed by atoms with Crippen LogP contribution in [0.1, 0.15) is 5.69 Å². The molecule has 0 aliphatic heterocycles. The molecular formula is C11H10N2O2. The van der Waals surface area contributed by atoms with Gasteiger partial charge in [-0.2, -0.15) is 4.73 Å². The van der Waals surface area contributed by atoms with Crippen molar-refractivity contribution in [1.82, 2.24) is 4.98 Å². The highest BCUT2D eigenvalue weighted by molar-refractivity contribution is 5.56. The van der Waals surface area contributed by atoms with E-state index in [1.54, 1.807) is 0 Å². The molecule has 2 rings (SSSR count). The van der Waals surface area contributed by atoms with E-state index in [2.05, 4.69) is 4.98 Å². The Kier molecular flexibility index (Phi) is 2.25. The second kappa shape index (κ2) is 3.57. The molecule has 0 aliphatic rings. The van der Waals surface area contributed by atoms with Crippen molar-refractivity contribution in [3.05, 3.63) is 57.8 Å². The number of nitrogens with one attached hydrogen (secondary N) is 1. The van der Waals surface area contributed by atoms with Gasteiger partial charge in [0, 0.05) is 12.5 Å². The van der Waals surface area contributed by atoms with Crippen molar-refractivity contribution in [3.8, 4) is 11.3 Å². The van der Waals surface area contributed by atoms with Crippen molar-refractivity contribution in [2.75, 3.05) is 0 Å². The topological polar surface area (TPSA) is 59.8 Å². The molecule has 0 amide bonds. The zero-order valence-electron chi connectivity index (χ0n) is 8.23. The molecule has 4 nitrogen and oxygen atoms in total. The molecule has 1 aromatic carbocycles. The van der Waals surface area contributed by atoms with Crippen molar-refractivity contribution in [1.29, 1.82) is 0 Å². The summed E-state index contributed by atoms with van der Waals surface area (Å²) in [6.07, 6.45) is 1.37. The van der Waals surface area contributed by atoms with Crippen LogP contribution in [0.3, 0.4) is 0 Å². The summed E-state index contributed by atoms with van der Waals surface area (Å²) >= 11 is 0. The quantitative estimate of drug-likeness (QED) is 0.553. The Bertz CT molecular complexity index is 532. The van der Waals surface area contributed by atoms with Crippen LogP contribution in [0, 0.1) is 12.1 Å². The smallest absolute Gasteiger partial charge is 0.317 e. The van der Waals surface area contributed by atoms with E-state index in [-0.39, 0.29) is 11.3 Å². The molecule has 0 radical (unpaired) electrons. The lowest BCUT2D eigenvalue weighted by atomic mass is 10.2. The third-order valence-corrected chi connectivity index (χ3v) is 2.24. The van der Waals surface area contributed by atoms with Gasteiger partial charge in [0.2, 0.25) is 6.20 Å². The molecule has 1 aromatic heterocycles. The van der Waals surface area contributed by atoms with Crippen molar-refractivity contribution >= 4 is 0 Å². The highest BCUT2D eigenvalue weighted by Crippen LogP contribution is 2.12. The lowest BCUT2D eigenvalue weighted by Gasteiger charge is -2.03. The van der Waals surface area contributed by atoms with Crippen molar-refractivity contribution in [3.63, 3.8) is 0 Å². The molecule has 0 aliphatic carbocycles. The van der Waals surface area contributed by atoms with Gasteiger partial charge in [0.05, 0.1) is 0 Å². The van der Waals surface area contributed by atoms with Crippen LogP contribution in [0.15, 0.2) is 41.3 Å². The van der Waals surface area contributed by atoms with Gasteiger partial charge in [-0.1, -0.05) is 30.3 Å². The highest BCUT2D eigenvalue weighted by Gasteiger charge is 2.08. The number of benzene rings is 1. The van der Waals surface area contributed by atoms with Gasteiger partial charge in [-0.15, -0.1) is 0 Å². The summed E-state index contributed by atoms with van der Waals surface area (Å²) < 4.78 is 0.584. The Morgan fingerprint density at radius 2 is 1.93 bits per heavy atom. The summed E-state index contributed by atoms with van der Waals surface area (Å²) in [5.41, 5.74) is 1.14. The summed E-state index contributed by atoms with van der Waals surface area (Å²) in [6.45, 7) is 1.49. The minimum Gasteiger partial charge on any atom is -0.618 e. The number of H-pyrrole nitrogens is 1. The molecule has 0 atom stereocenters. The molecule has 4 heteroatoms. The fourth-order valence-corrected chi connectivity index (χ4v) is 1.32. The maximum Gasteiger partial charge on any atom is 0.317 e. The molecule has 1 heterocycles. The van der Waals surface area contributed by atoms with Gasteiger partial charge in [0.15, 0.2) is 0 Å². The Balaban J connectivity index is 2.61. The molecule has 0 saturated carbocycles. The van der Waals surface area contributed by atoms with Crippen molar-refractivity contribution in [2.24, 2.45) is 0 Å². The van der Waals surface area contributed by atoms with Crippen molar-refractivity contribution < 1.29 is 4.73 Å². The second-order valence-corrected chi connectivity index (χ2v) is 3.27. The normalized spacial score (nSPS) is 10.2. The Morgan fingerprint density at radius 1 is 1.27 bits per heavy atom. The largest absolute Gasteiger partial charge is 0.618 e. The zero-order valence-corrected chi connectivity index (χ0v) is 8.23. The van der Waals surface area contributed by atoms with Gasteiger partial charge < -0.3 is 10.2 Å². The molecule has 2 aromatic rings. The summed E-state index contributed by atoms with van der Waals surface area (Å²) in [5.74, 6) is 0. The minimum atomic E-state index is -0.355. The molecule has 76 valence electrons. The standard InChI is InChI=1S/C11H10N2O2/c1-8-11(14)12-10(7-13(8)15)9-5-3-2-4-6-9/h2-7H,1H3,(H,12,14). The van der Waals surface area contributed by atoms with E-state index < -0.39 is 0 Å². The number of hydrogen-bond donors (Lipinski definition) is 1. The van der Waals surface area contributed by atoms with Gasteiger partial charge in [-0.25, -0.2) is 0 Å². The lowest BCUT2D eigenvalue weighted by molar-refractivity contribution is -0.613. The first-order chi connectivity index (χ1) is 7.18. The zero-order chi connectivity index (χ0) is 10.8. The van der Waals surface area contributed by atoms with Gasteiger partial charge in [-0.3, -0.25) is 4.79 Å². The second-order valence-electron chi connectivity index (χ2n) is 3.27. The van der Waals surface area contributed by atoms with Crippen LogP contribution in [0.5, 0.6) is 0 Å². The van der Waals surface area contributed by atoms with E-state index in [0.29, 0.717) is 10.4 Å². The predicted octanol–water partition coefficient (Wildman–Crippen LogP) is 0.984.